The zero-order chi connectivity index (χ0) is 12.8. The Labute approximate surface area is 108 Å². The molecule has 0 aliphatic heterocycles. The molecular weight excluding hydrogens is 224 g/mol. The van der Waals surface area contributed by atoms with Gasteiger partial charge in [0.2, 0.25) is 0 Å². The fourth-order valence-corrected chi connectivity index (χ4v) is 1.92. The quantitative estimate of drug-likeness (QED) is 0.599. The molecule has 0 bridgehead atoms. The second kappa shape index (κ2) is 6.26. The van der Waals surface area contributed by atoms with Crippen LogP contribution in [0.15, 0.2) is 30.3 Å². The smallest absolute Gasteiger partial charge is 0.310 e. The Morgan fingerprint density at radius 2 is 2.17 bits per heavy atom. The second-order valence-electron chi connectivity index (χ2n) is 4.51. The first-order chi connectivity index (χ1) is 8.81. The number of carbonyl (C=O) groups excluding carboxylic acids is 1. The third-order valence-corrected chi connectivity index (χ3v) is 3.05. The summed E-state index contributed by atoms with van der Waals surface area (Å²) in [5.74, 6) is 6.52. The molecule has 2 atom stereocenters. The van der Waals surface area contributed by atoms with E-state index in [1.165, 1.54) is 5.56 Å². The molecule has 0 amide bonds. The molecule has 1 fully saturated rings. The maximum atomic E-state index is 11.4. The molecule has 0 unspecified atom stereocenters. The Morgan fingerprint density at radius 1 is 1.39 bits per heavy atom. The van der Waals surface area contributed by atoms with E-state index in [2.05, 4.69) is 24.0 Å². The number of esters is 1. The molecule has 0 heterocycles. The van der Waals surface area contributed by atoms with E-state index in [4.69, 9.17) is 4.74 Å². The first-order valence-corrected chi connectivity index (χ1v) is 6.50. The number of rotatable bonds is 4. The molecular formula is C16H18O2. The van der Waals surface area contributed by atoms with Crippen LogP contribution < -0.4 is 0 Å². The highest BCUT2D eigenvalue weighted by Gasteiger charge is 2.43. The van der Waals surface area contributed by atoms with E-state index in [1.54, 1.807) is 0 Å². The molecule has 0 N–H and O–H groups in total. The van der Waals surface area contributed by atoms with E-state index in [9.17, 15) is 4.79 Å². The van der Waals surface area contributed by atoms with Crippen LogP contribution in [0, 0.1) is 23.7 Å². The maximum absolute atomic E-state index is 11.4. The van der Waals surface area contributed by atoms with Gasteiger partial charge >= 0.3 is 5.97 Å². The normalized spacial score (nSPS) is 20.7. The molecule has 1 aliphatic carbocycles. The summed E-state index contributed by atoms with van der Waals surface area (Å²) in [7, 11) is 0. The predicted molar refractivity (Wildman–Crippen MR) is 70.8 cm³/mol. The molecule has 1 saturated carbocycles. The summed E-state index contributed by atoms with van der Waals surface area (Å²) in [6, 6.07) is 10.3. The molecule has 0 spiro atoms. The highest BCUT2D eigenvalue weighted by molar-refractivity contribution is 5.76. The summed E-state index contributed by atoms with van der Waals surface area (Å²) < 4.78 is 4.96. The lowest BCUT2D eigenvalue weighted by atomic mass is 10.1. The van der Waals surface area contributed by atoms with Gasteiger partial charge in [0.1, 0.15) is 0 Å². The van der Waals surface area contributed by atoms with E-state index in [0.29, 0.717) is 6.61 Å². The largest absolute Gasteiger partial charge is 0.466 e. The minimum Gasteiger partial charge on any atom is -0.466 e. The van der Waals surface area contributed by atoms with Crippen LogP contribution in [0.1, 0.15) is 25.3 Å². The van der Waals surface area contributed by atoms with Gasteiger partial charge in [0, 0.05) is 12.3 Å². The summed E-state index contributed by atoms with van der Waals surface area (Å²) in [6.45, 7) is 2.30. The van der Waals surface area contributed by atoms with Crippen molar-refractivity contribution in [1.82, 2.24) is 0 Å². The van der Waals surface area contributed by atoms with Gasteiger partial charge in [-0.2, -0.15) is 0 Å². The summed E-state index contributed by atoms with van der Waals surface area (Å²) in [5.41, 5.74) is 1.31. The molecule has 2 heteroatoms. The van der Waals surface area contributed by atoms with Crippen LogP contribution in [0.2, 0.25) is 0 Å². The Morgan fingerprint density at radius 3 is 2.89 bits per heavy atom. The highest BCUT2D eigenvalue weighted by atomic mass is 16.5. The lowest BCUT2D eigenvalue weighted by Crippen LogP contribution is -2.07. The lowest BCUT2D eigenvalue weighted by molar-refractivity contribution is -0.144. The minimum atomic E-state index is -0.0835. The van der Waals surface area contributed by atoms with Crippen molar-refractivity contribution in [1.29, 1.82) is 0 Å². The number of aryl methyl sites for hydroxylation is 1. The van der Waals surface area contributed by atoms with Crippen molar-refractivity contribution in [3.8, 4) is 11.8 Å². The van der Waals surface area contributed by atoms with Crippen LogP contribution in [0.5, 0.6) is 0 Å². The first-order valence-electron chi connectivity index (χ1n) is 6.50. The molecule has 2 rings (SSSR count). The van der Waals surface area contributed by atoms with Crippen molar-refractivity contribution in [2.75, 3.05) is 6.61 Å². The van der Waals surface area contributed by atoms with E-state index in [0.717, 1.165) is 19.3 Å². The van der Waals surface area contributed by atoms with Gasteiger partial charge in [-0.1, -0.05) is 36.3 Å². The van der Waals surface area contributed by atoms with Crippen molar-refractivity contribution >= 4 is 5.97 Å². The summed E-state index contributed by atoms with van der Waals surface area (Å²) in [6.07, 6.45) is 2.71. The number of carbonyl (C=O) groups is 1. The van der Waals surface area contributed by atoms with E-state index >= 15 is 0 Å². The number of benzene rings is 1. The molecule has 1 aromatic rings. The third-order valence-electron chi connectivity index (χ3n) is 3.05. The van der Waals surface area contributed by atoms with E-state index in [1.807, 2.05) is 25.1 Å². The average molecular weight is 242 g/mol. The van der Waals surface area contributed by atoms with Crippen LogP contribution in [0.4, 0.5) is 0 Å². The summed E-state index contributed by atoms with van der Waals surface area (Å²) in [4.78, 5) is 11.4. The van der Waals surface area contributed by atoms with Crippen LogP contribution in [-0.2, 0) is 16.0 Å². The Hall–Kier alpha value is -1.75. The third kappa shape index (κ3) is 3.63. The first kappa shape index (κ1) is 12.7. The van der Waals surface area contributed by atoms with Gasteiger partial charge in [-0.15, -0.1) is 5.92 Å². The molecule has 0 radical (unpaired) electrons. The molecule has 94 valence electrons. The molecule has 1 aliphatic rings. The number of hydrogen-bond donors (Lipinski definition) is 0. The number of hydrogen-bond acceptors (Lipinski definition) is 2. The molecule has 2 nitrogen and oxygen atoms in total. The average Bonchev–Trinajstić information content (AvgIpc) is 3.16. The van der Waals surface area contributed by atoms with Crippen LogP contribution in [0.3, 0.4) is 0 Å². The van der Waals surface area contributed by atoms with Crippen molar-refractivity contribution < 1.29 is 9.53 Å². The van der Waals surface area contributed by atoms with Gasteiger partial charge < -0.3 is 4.74 Å². The second-order valence-corrected chi connectivity index (χ2v) is 4.51. The maximum Gasteiger partial charge on any atom is 0.310 e. The minimum absolute atomic E-state index is 0.0363. The summed E-state index contributed by atoms with van der Waals surface area (Å²) >= 11 is 0. The topological polar surface area (TPSA) is 26.3 Å². The van der Waals surface area contributed by atoms with E-state index < -0.39 is 0 Å². The highest BCUT2D eigenvalue weighted by Crippen LogP contribution is 2.38. The van der Waals surface area contributed by atoms with Crippen molar-refractivity contribution in [3.63, 3.8) is 0 Å². The van der Waals surface area contributed by atoms with E-state index in [-0.39, 0.29) is 17.8 Å². The van der Waals surface area contributed by atoms with Gasteiger partial charge in [-0.3, -0.25) is 4.79 Å². The monoisotopic (exact) mass is 242 g/mol. The standard InChI is InChI=1S/C16H18O2/c1-2-18-16(17)15-12-14(15)11-7-6-10-13-8-4-3-5-9-13/h3-5,8-9,14-15H,2,6,10,12H2,1H3/t14-,15+/m0/s1. The van der Waals surface area contributed by atoms with Crippen LogP contribution in [-0.4, -0.2) is 12.6 Å². The Balaban J connectivity index is 1.70. The molecule has 18 heavy (non-hydrogen) atoms. The molecule has 1 aromatic carbocycles. The van der Waals surface area contributed by atoms with Gasteiger partial charge in [-0.05, 0) is 25.3 Å². The molecule has 0 saturated heterocycles. The number of ether oxygens (including phenoxy) is 1. The van der Waals surface area contributed by atoms with Gasteiger partial charge in [0.25, 0.3) is 0 Å². The van der Waals surface area contributed by atoms with Crippen LogP contribution >= 0.6 is 0 Å². The Kier molecular flexibility index (Phi) is 4.41. The van der Waals surface area contributed by atoms with Crippen molar-refractivity contribution in [2.24, 2.45) is 11.8 Å². The zero-order valence-electron chi connectivity index (χ0n) is 10.7. The summed E-state index contributed by atoms with van der Waals surface area (Å²) in [5, 5.41) is 0. The molecule has 0 aromatic heterocycles. The zero-order valence-corrected chi connectivity index (χ0v) is 10.7. The van der Waals surface area contributed by atoms with Crippen LogP contribution in [0.25, 0.3) is 0 Å². The SMILES string of the molecule is CCOC(=O)[C@@H]1C[C@@H]1C#CCCc1ccccc1. The van der Waals surface area contributed by atoms with Crippen molar-refractivity contribution in [3.05, 3.63) is 35.9 Å². The predicted octanol–water partition coefficient (Wildman–Crippen LogP) is 2.82. The fourth-order valence-electron chi connectivity index (χ4n) is 1.92. The fraction of sp³-hybridized carbons (Fsp3) is 0.438. The van der Waals surface area contributed by atoms with Gasteiger partial charge in [0.05, 0.1) is 12.5 Å². The van der Waals surface area contributed by atoms with Gasteiger partial charge in [0.15, 0.2) is 0 Å². The Bertz CT molecular complexity index is 453. The lowest BCUT2D eigenvalue weighted by Gasteiger charge is -1.97. The van der Waals surface area contributed by atoms with Crippen molar-refractivity contribution in [2.45, 2.75) is 26.2 Å². The van der Waals surface area contributed by atoms with Gasteiger partial charge in [-0.25, -0.2) is 0 Å².